The third-order valence-corrected chi connectivity index (χ3v) is 2.98. The van der Waals surface area contributed by atoms with Crippen molar-refractivity contribution in [2.45, 2.75) is 13.3 Å². The number of anilines is 1. The minimum absolute atomic E-state index is 0.0111. The quantitative estimate of drug-likeness (QED) is 0.879. The summed E-state index contributed by atoms with van der Waals surface area (Å²) in [5, 5.41) is 2.71. The lowest BCUT2D eigenvalue weighted by molar-refractivity contribution is -0.120. The fourth-order valence-electron chi connectivity index (χ4n) is 2.08. The van der Waals surface area contributed by atoms with Crippen LogP contribution in [-0.4, -0.2) is 24.9 Å². The van der Waals surface area contributed by atoms with Gasteiger partial charge in [-0.05, 0) is 24.3 Å². The number of carbonyl (C=O) groups is 2. The van der Waals surface area contributed by atoms with Crippen LogP contribution < -0.4 is 10.2 Å². The molecule has 0 aliphatic carbocycles. The molecular formula is C13H15FN2O2. The summed E-state index contributed by atoms with van der Waals surface area (Å²) in [6.45, 7) is 2.51. The van der Waals surface area contributed by atoms with E-state index in [4.69, 9.17) is 0 Å². The standard InChI is InChI=1S/C13H15FN2O2/c1-9(17)15-7-10-6-13(18)16(8-10)12-4-2-11(14)3-5-12/h2-5,10H,6-8H2,1H3,(H,15,17)/t10-/m1/s1. The largest absolute Gasteiger partial charge is 0.356 e. The molecule has 0 aromatic heterocycles. The summed E-state index contributed by atoms with van der Waals surface area (Å²) in [5.41, 5.74) is 0.701. The van der Waals surface area contributed by atoms with Gasteiger partial charge in [0, 0.05) is 38.0 Å². The zero-order chi connectivity index (χ0) is 13.1. The van der Waals surface area contributed by atoms with Crippen LogP contribution in [0.25, 0.3) is 0 Å². The Kier molecular flexibility index (Phi) is 3.60. The van der Waals surface area contributed by atoms with E-state index in [0.29, 0.717) is 25.2 Å². The molecule has 1 aliphatic rings. The number of hydrogen-bond acceptors (Lipinski definition) is 2. The molecule has 0 spiro atoms. The first-order valence-corrected chi connectivity index (χ1v) is 5.86. The predicted octanol–water partition coefficient (Wildman–Crippen LogP) is 1.31. The van der Waals surface area contributed by atoms with Gasteiger partial charge in [0.2, 0.25) is 11.8 Å². The van der Waals surface area contributed by atoms with Crippen LogP contribution in [0.5, 0.6) is 0 Å². The van der Waals surface area contributed by atoms with Crippen molar-refractivity contribution in [1.82, 2.24) is 5.32 Å². The van der Waals surface area contributed by atoms with Crippen molar-refractivity contribution >= 4 is 17.5 Å². The van der Waals surface area contributed by atoms with E-state index < -0.39 is 0 Å². The van der Waals surface area contributed by atoms with Crippen molar-refractivity contribution in [3.8, 4) is 0 Å². The third kappa shape index (κ3) is 2.85. The highest BCUT2D eigenvalue weighted by Gasteiger charge is 2.30. The molecule has 1 N–H and O–H groups in total. The molecule has 18 heavy (non-hydrogen) atoms. The fourth-order valence-corrected chi connectivity index (χ4v) is 2.08. The molecule has 0 radical (unpaired) electrons. The van der Waals surface area contributed by atoms with Crippen LogP contribution in [0.4, 0.5) is 10.1 Å². The van der Waals surface area contributed by atoms with E-state index >= 15 is 0 Å². The van der Waals surface area contributed by atoms with Gasteiger partial charge in [-0.1, -0.05) is 0 Å². The zero-order valence-corrected chi connectivity index (χ0v) is 10.1. The fraction of sp³-hybridized carbons (Fsp3) is 0.385. The predicted molar refractivity (Wildman–Crippen MR) is 65.5 cm³/mol. The van der Waals surface area contributed by atoms with E-state index in [2.05, 4.69) is 5.32 Å². The van der Waals surface area contributed by atoms with Crippen LogP contribution >= 0.6 is 0 Å². The van der Waals surface area contributed by atoms with Crippen LogP contribution in [-0.2, 0) is 9.59 Å². The van der Waals surface area contributed by atoms with Gasteiger partial charge in [0.05, 0.1) is 0 Å². The third-order valence-electron chi connectivity index (χ3n) is 2.98. The highest BCUT2D eigenvalue weighted by molar-refractivity contribution is 5.95. The minimum Gasteiger partial charge on any atom is -0.356 e. The zero-order valence-electron chi connectivity index (χ0n) is 10.1. The number of rotatable bonds is 3. The molecule has 0 saturated carbocycles. The monoisotopic (exact) mass is 250 g/mol. The molecule has 1 atom stereocenters. The first-order chi connectivity index (χ1) is 8.56. The number of nitrogens with zero attached hydrogens (tertiary/aromatic N) is 1. The van der Waals surface area contributed by atoms with Crippen LogP contribution in [0.15, 0.2) is 24.3 Å². The molecule has 0 bridgehead atoms. The van der Waals surface area contributed by atoms with Gasteiger partial charge in [-0.15, -0.1) is 0 Å². The molecule has 1 heterocycles. The van der Waals surface area contributed by atoms with Gasteiger partial charge in [-0.3, -0.25) is 9.59 Å². The van der Waals surface area contributed by atoms with Gasteiger partial charge in [0.1, 0.15) is 5.82 Å². The Balaban J connectivity index is 2.00. The highest BCUT2D eigenvalue weighted by atomic mass is 19.1. The molecular weight excluding hydrogens is 235 g/mol. The van der Waals surface area contributed by atoms with Crippen LogP contribution in [0.2, 0.25) is 0 Å². The highest BCUT2D eigenvalue weighted by Crippen LogP contribution is 2.24. The van der Waals surface area contributed by atoms with Gasteiger partial charge in [0.15, 0.2) is 0 Å². The van der Waals surface area contributed by atoms with Gasteiger partial charge < -0.3 is 10.2 Å². The summed E-state index contributed by atoms with van der Waals surface area (Å²) < 4.78 is 12.8. The Morgan fingerprint density at radius 2 is 2.11 bits per heavy atom. The lowest BCUT2D eigenvalue weighted by Gasteiger charge is -2.16. The summed E-state index contributed by atoms with van der Waals surface area (Å²) in [4.78, 5) is 24.3. The lowest BCUT2D eigenvalue weighted by atomic mass is 10.1. The number of hydrogen-bond donors (Lipinski definition) is 1. The maximum Gasteiger partial charge on any atom is 0.227 e. The molecule has 1 fully saturated rings. The second-order valence-electron chi connectivity index (χ2n) is 4.49. The minimum atomic E-state index is -0.319. The van der Waals surface area contributed by atoms with E-state index in [-0.39, 0.29) is 23.5 Å². The summed E-state index contributed by atoms with van der Waals surface area (Å²) >= 11 is 0. The number of benzene rings is 1. The van der Waals surface area contributed by atoms with Crippen molar-refractivity contribution < 1.29 is 14.0 Å². The molecule has 1 saturated heterocycles. The molecule has 1 aromatic rings. The Morgan fingerprint density at radius 1 is 1.44 bits per heavy atom. The van der Waals surface area contributed by atoms with Crippen molar-refractivity contribution in [2.75, 3.05) is 18.0 Å². The van der Waals surface area contributed by atoms with Gasteiger partial charge in [0.25, 0.3) is 0 Å². The van der Waals surface area contributed by atoms with E-state index in [1.54, 1.807) is 17.0 Å². The number of halogens is 1. The van der Waals surface area contributed by atoms with Crippen molar-refractivity contribution in [3.63, 3.8) is 0 Å². The van der Waals surface area contributed by atoms with Crippen LogP contribution in [0, 0.1) is 11.7 Å². The van der Waals surface area contributed by atoms with Crippen molar-refractivity contribution in [3.05, 3.63) is 30.1 Å². The summed E-state index contributed by atoms with van der Waals surface area (Å²) in [6.07, 6.45) is 0.414. The summed E-state index contributed by atoms with van der Waals surface area (Å²) in [6, 6.07) is 5.86. The Hall–Kier alpha value is -1.91. The van der Waals surface area contributed by atoms with Crippen LogP contribution in [0.1, 0.15) is 13.3 Å². The maximum absolute atomic E-state index is 12.8. The van der Waals surface area contributed by atoms with E-state index in [1.165, 1.54) is 19.1 Å². The van der Waals surface area contributed by atoms with Crippen molar-refractivity contribution in [2.24, 2.45) is 5.92 Å². The van der Waals surface area contributed by atoms with E-state index in [0.717, 1.165) is 0 Å². The molecule has 4 nitrogen and oxygen atoms in total. The molecule has 96 valence electrons. The average Bonchev–Trinajstić information content (AvgIpc) is 2.69. The smallest absolute Gasteiger partial charge is 0.227 e. The Labute approximate surface area is 105 Å². The first kappa shape index (κ1) is 12.5. The first-order valence-electron chi connectivity index (χ1n) is 5.86. The number of amides is 2. The maximum atomic E-state index is 12.8. The van der Waals surface area contributed by atoms with Gasteiger partial charge >= 0.3 is 0 Å². The van der Waals surface area contributed by atoms with Crippen LogP contribution in [0.3, 0.4) is 0 Å². The molecule has 1 aromatic carbocycles. The average molecular weight is 250 g/mol. The van der Waals surface area contributed by atoms with Gasteiger partial charge in [-0.25, -0.2) is 4.39 Å². The van der Waals surface area contributed by atoms with Crippen molar-refractivity contribution in [1.29, 1.82) is 0 Å². The molecule has 2 rings (SSSR count). The topological polar surface area (TPSA) is 49.4 Å². The normalized spacial score (nSPS) is 19.1. The van der Waals surface area contributed by atoms with E-state index in [1.807, 2.05) is 0 Å². The SMILES string of the molecule is CC(=O)NC[C@H]1CC(=O)N(c2ccc(F)cc2)C1. The lowest BCUT2D eigenvalue weighted by Crippen LogP contribution is -2.29. The number of nitrogens with one attached hydrogen (secondary N) is 1. The number of carbonyl (C=O) groups excluding carboxylic acids is 2. The molecule has 1 aliphatic heterocycles. The second-order valence-corrected chi connectivity index (χ2v) is 4.49. The molecule has 2 amide bonds. The molecule has 0 unspecified atom stereocenters. The summed E-state index contributed by atoms with van der Waals surface area (Å²) in [7, 11) is 0. The van der Waals surface area contributed by atoms with Gasteiger partial charge in [-0.2, -0.15) is 0 Å². The summed E-state index contributed by atoms with van der Waals surface area (Å²) in [5.74, 6) is -0.286. The van der Waals surface area contributed by atoms with E-state index in [9.17, 15) is 14.0 Å². The Morgan fingerprint density at radius 3 is 2.72 bits per heavy atom. The second kappa shape index (κ2) is 5.16. The Bertz CT molecular complexity index is 459. The molecule has 5 heteroatoms.